The van der Waals surface area contributed by atoms with Crippen LogP contribution < -0.4 is 5.73 Å². The molecule has 0 radical (unpaired) electrons. The third-order valence-electron chi connectivity index (χ3n) is 3.05. The molecular weight excluding hydrogens is 293 g/mol. The van der Waals surface area contributed by atoms with Crippen molar-refractivity contribution in [3.05, 3.63) is 59.9 Å². The summed E-state index contributed by atoms with van der Waals surface area (Å²) in [7, 11) is 0. The third kappa shape index (κ3) is 3.65. The summed E-state index contributed by atoms with van der Waals surface area (Å²) in [4.78, 5) is 7.87. The molecule has 3 nitrogen and oxygen atoms in total. The fourth-order valence-corrected chi connectivity index (χ4v) is 2.11. The van der Waals surface area contributed by atoms with Crippen molar-refractivity contribution < 1.29 is 0 Å². The normalized spacial score (nSPS) is 9.80. The predicted octanol–water partition coefficient (Wildman–Crippen LogP) is 3.77. The first-order valence-electron chi connectivity index (χ1n) is 6.09. The second-order valence-corrected chi connectivity index (χ2v) is 4.45. The molecule has 0 amide bonds. The highest BCUT2D eigenvalue weighted by Gasteiger charge is 2.03. The zero-order valence-corrected chi connectivity index (χ0v) is 12.5. The predicted molar refractivity (Wildman–Crippen MR) is 88.9 cm³/mol. The van der Waals surface area contributed by atoms with Gasteiger partial charge in [0.25, 0.3) is 0 Å². The Morgan fingerprint density at radius 1 is 0.950 bits per heavy atom. The Bertz CT molecular complexity index is 665. The number of hydrogen-bond donors (Lipinski definition) is 2. The standard InChI is InChI=1S/C15H15N3.2ClH/c16-12-7-8-13-14(10-12)18-15(17-13)9-6-11-4-2-1-3-5-11;;/h1-5,7-8,10H,6,9,16H2,(H,17,18);2*1H. The Hall–Kier alpha value is -1.71. The van der Waals surface area contributed by atoms with E-state index in [1.807, 2.05) is 24.3 Å². The van der Waals surface area contributed by atoms with E-state index >= 15 is 0 Å². The van der Waals surface area contributed by atoms with Crippen LogP contribution in [0.4, 0.5) is 5.69 Å². The molecule has 0 bridgehead atoms. The van der Waals surface area contributed by atoms with Crippen LogP contribution in [0.25, 0.3) is 11.0 Å². The van der Waals surface area contributed by atoms with Crippen LogP contribution >= 0.6 is 24.8 Å². The quantitative estimate of drug-likeness (QED) is 0.723. The minimum atomic E-state index is 0. The van der Waals surface area contributed by atoms with Gasteiger partial charge in [-0.1, -0.05) is 30.3 Å². The SMILES string of the molecule is Cl.Cl.Nc1ccc2nc(CCc3ccccc3)[nH]c2c1. The highest BCUT2D eigenvalue weighted by molar-refractivity contribution is 5.85. The van der Waals surface area contributed by atoms with Crippen molar-refractivity contribution in [3.8, 4) is 0 Å². The molecule has 1 aromatic heterocycles. The van der Waals surface area contributed by atoms with E-state index in [1.54, 1.807) is 0 Å². The van der Waals surface area contributed by atoms with Crippen LogP contribution in [0, 0.1) is 0 Å². The van der Waals surface area contributed by atoms with E-state index < -0.39 is 0 Å². The van der Waals surface area contributed by atoms with Gasteiger partial charge in [0.05, 0.1) is 11.0 Å². The van der Waals surface area contributed by atoms with Gasteiger partial charge in [0.15, 0.2) is 0 Å². The average Bonchev–Trinajstić information content (AvgIpc) is 2.79. The molecule has 2 aromatic carbocycles. The topological polar surface area (TPSA) is 54.7 Å². The molecule has 5 heteroatoms. The number of H-pyrrole nitrogens is 1. The minimum absolute atomic E-state index is 0. The number of hydrogen-bond acceptors (Lipinski definition) is 2. The highest BCUT2D eigenvalue weighted by Crippen LogP contribution is 2.15. The monoisotopic (exact) mass is 309 g/mol. The van der Waals surface area contributed by atoms with Gasteiger partial charge < -0.3 is 10.7 Å². The molecule has 0 fully saturated rings. The second-order valence-electron chi connectivity index (χ2n) is 4.45. The first-order valence-corrected chi connectivity index (χ1v) is 6.09. The van der Waals surface area contributed by atoms with Gasteiger partial charge in [-0.25, -0.2) is 4.98 Å². The molecule has 3 N–H and O–H groups in total. The number of halogens is 2. The van der Waals surface area contributed by atoms with Crippen LogP contribution in [0.15, 0.2) is 48.5 Å². The van der Waals surface area contributed by atoms with Gasteiger partial charge >= 0.3 is 0 Å². The first-order chi connectivity index (χ1) is 8.81. The summed E-state index contributed by atoms with van der Waals surface area (Å²) in [6, 6.07) is 16.2. The number of nitrogens with two attached hydrogens (primary N) is 1. The number of nitrogen functional groups attached to an aromatic ring is 1. The maximum atomic E-state index is 5.75. The number of aryl methyl sites for hydroxylation is 2. The molecule has 106 valence electrons. The number of nitrogens with zero attached hydrogens (tertiary/aromatic N) is 1. The van der Waals surface area contributed by atoms with Gasteiger partial charge in [0.1, 0.15) is 5.82 Å². The smallest absolute Gasteiger partial charge is 0.107 e. The van der Waals surface area contributed by atoms with Crippen LogP contribution in [0.1, 0.15) is 11.4 Å². The molecule has 0 aliphatic rings. The lowest BCUT2D eigenvalue weighted by Gasteiger charge is -1.97. The Kier molecular flexibility index (Phi) is 5.86. The van der Waals surface area contributed by atoms with Gasteiger partial charge in [-0.3, -0.25) is 0 Å². The maximum Gasteiger partial charge on any atom is 0.107 e. The van der Waals surface area contributed by atoms with Crippen LogP contribution in [-0.4, -0.2) is 9.97 Å². The molecular formula is C15H17Cl2N3. The van der Waals surface area contributed by atoms with Crippen molar-refractivity contribution in [1.82, 2.24) is 9.97 Å². The summed E-state index contributed by atoms with van der Waals surface area (Å²) in [5.74, 6) is 1.01. The van der Waals surface area contributed by atoms with E-state index in [2.05, 4.69) is 34.2 Å². The molecule has 0 unspecified atom stereocenters. The fraction of sp³-hybridized carbons (Fsp3) is 0.133. The molecule has 0 saturated heterocycles. The van der Waals surface area contributed by atoms with E-state index in [4.69, 9.17) is 5.73 Å². The van der Waals surface area contributed by atoms with Crippen LogP contribution in [0.3, 0.4) is 0 Å². The lowest BCUT2D eigenvalue weighted by atomic mass is 10.1. The van der Waals surface area contributed by atoms with Crippen LogP contribution in [-0.2, 0) is 12.8 Å². The third-order valence-corrected chi connectivity index (χ3v) is 3.05. The van der Waals surface area contributed by atoms with Gasteiger partial charge in [-0.15, -0.1) is 24.8 Å². The number of nitrogens with one attached hydrogen (secondary N) is 1. The number of aromatic amines is 1. The maximum absolute atomic E-state index is 5.75. The number of imidazole rings is 1. The van der Waals surface area contributed by atoms with E-state index in [-0.39, 0.29) is 24.8 Å². The molecule has 0 aliphatic carbocycles. The van der Waals surface area contributed by atoms with Crippen molar-refractivity contribution in [2.24, 2.45) is 0 Å². The van der Waals surface area contributed by atoms with Crippen LogP contribution in [0.5, 0.6) is 0 Å². The van der Waals surface area contributed by atoms with Crippen molar-refractivity contribution in [3.63, 3.8) is 0 Å². The highest BCUT2D eigenvalue weighted by atomic mass is 35.5. The van der Waals surface area contributed by atoms with Gasteiger partial charge in [0, 0.05) is 12.1 Å². The average molecular weight is 310 g/mol. The molecule has 0 saturated carbocycles. The lowest BCUT2D eigenvalue weighted by Crippen LogP contribution is -1.92. The van der Waals surface area contributed by atoms with E-state index in [1.165, 1.54) is 5.56 Å². The number of aromatic nitrogens is 2. The Morgan fingerprint density at radius 2 is 1.70 bits per heavy atom. The Morgan fingerprint density at radius 3 is 2.45 bits per heavy atom. The van der Waals surface area contributed by atoms with Crippen molar-refractivity contribution >= 4 is 41.5 Å². The van der Waals surface area contributed by atoms with Crippen molar-refractivity contribution in [2.45, 2.75) is 12.8 Å². The zero-order valence-electron chi connectivity index (χ0n) is 10.9. The molecule has 1 heterocycles. The fourth-order valence-electron chi connectivity index (χ4n) is 2.11. The summed E-state index contributed by atoms with van der Waals surface area (Å²) in [6.45, 7) is 0. The molecule has 20 heavy (non-hydrogen) atoms. The first kappa shape index (κ1) is 16.3. The summed E-state index contributed by atoms with van der Waals surface area (Å²) in [6.07, 6.45) is 1.91. The zero-order chi connectivity index (χ0) is 12.4. The van der Waals surface area contributed by atoms with Crippen molar-refractivity contribution in [2.75, 3.05) is 5.73 Å². The molecule has 3 rings (SSSR count). The van der Waals surface area contributed by atoms with Crippen LogP contribution in [0.2, 0.25) is 0 Å². The number of benzene rings is 2. The van der Waals surface area contributed by atoms with Gasteiger partial charge in [-0.05, 0) is 30.2 Å². The second kappa shape index (κ2) is 7.17. The van der Waals surface area contributed by atoms with E-state index in [9.17, 15) is 0 Å². The van der Waals surface area contributed by atoms with Crippen molar-refractivity contribution in [1.29, 1.82) is 0 Å². The Labute approximate surface area is 130 Å². The largest absolute Gasteiger partial charge is 0.399 e. The Balaban J connectivity index is 0.000001000. The summed E-state index contributed by atoms with van der Waals surface area (Å²) in [5.41, 5.74) is 9.84. The summed E-state index contributed by atoms with van der Waals surface area (Å²) < 4.78 is 0. The molecule has 0 spiro atoms. The molecule has 0 atom stereocenters. The van der Waals surface area contributed by atoms with E-state index in [0.29, 0.717) is 0 Å². The number of rotatable bonds is 3. The van der Waals surface area contributed by atoms with Gasteiger partial charge in [0.2, 0.25) is 0 Å². The molecule has 0 aliphatic heterocycles. The number of fused-ring (bicyclic) bond motifs is 1. The number of anilines is 1. The minimum Gasteiger partial charge on any atom is -0.399 e. The summed E-state index contributed by atoms with van der Waals surface area (Å²) in [5, 5.41) is 0. The summed E-state index contributed by atoms with van der Waals surface area (Å²) >= 11 is 0. The molecule has 3 aromatic rings. The van der Waals surface area contributed by atoms with Gasteiger partial charge in [-0.2, -0.15) is 0 Å². The van der Waals surface area contributed by atoms with E-state index in [0.717, 1.165) is 35.4 Å². The lowest BCUT2D eigenvalue weighted by molar-refractivity contribution is 0.890.